The number of nitrogens with one attached hydrogen (secondary N) is 2. The van der Waals surface area contributed by atoms with Gasteiger partial charge in [0.2, 0.25) is 11.8 Å². The van der Waals surface area contributed by atoms with Gasteiger partial charge in [-0.25, -0.2) is 4.79 Å². The Morgan fingerprint density at radius 3 is 2.35 bits per heavy atom. The Labute approximate surface area is 227 Å². The van der Waals surface area contributed by atoms with Crippen molar-refractivity contribution in [1.29, 1.82) is 0 Å². The van der Waals surface area contributed by atoms with Crippen LogP contribution in [0.1, 0.15) is 52.6 Å². The molecule has 2 aromatic rings. The maximum absolute atomic E-state index is 13.7. The lowest BCUT2D eigenvalue weighted by Gasteiger charge is -2.41. The molecule has 2 unspecified atom stereocenters. The van der Waals surface area contributed by atoms with Gasteiger partial charge in [-0.05, 0) is 81.0 Å². The molecule has 0 aliphatic carbocycles. The van der Waals surface area contributed by atoms with E-state index in [1.165, 1.54) is 31.0 Å². The molecule has 10 heteroatoms. The Balaban J connectivity index is 1.79. The Morgan fingerprint density at radius 2 is 1.76 bits per heavy atom. The third kappa shape index (κ3) is 6.67. The van der Waals surface area contributed by atoms with Crippen LogP contribution >= 0.6 is 24.4 Å². The number of anilines is 1. The molecule has 0 bridgehead atoms. The van der Waals surface area contributed by atoms with Crippen LogP contribution in [0.25, 0.3) is 0 Å². The number of thiol groups is 1. The topological polar surface area (TPSA) is 105 Å². The van der Waals surface area contributed by atoms with E-state index in [0.29, 0.717) is 29.8 Å². The summed E-state index contributed by atoms with van der Waals surface area (Å²) in [5.41, 5.74) is 3.41. The molecule has 37 heavy (non-hydrogen) atoms. The summed E-state index contributed by atoms with van der Waals surface area (Å²) in [4.78, 5) is 52.0. The number of hydrogen-bond acceptors (Lipinski definition) is 7. The van der Waals surface area contributed by atoms with Gasteiger partial charge in [-0.2, -0.15) is 24.4 Å². The first-order valence-electron chi connectivity index (χ1n) is 11.9. The van der Waals surface area contributed by atoms with E-state index in [1.54, 1.807) is 17.0 Å². The van der Waals surface area contributed by atoms with Gasteiger partial charge in [-0.1, -0.05) is 6.07 Å². The first kappa shape index (κ1) is 28.6. The van der Waals surface area contributed by atoms with Crippen molar-refractivity contribution >= 4 is 53.8 Å². The maximum Gasteiger partial charge on any atom is 0.337 e. The Morgan fingerprint density at radius 1 is 1.11 bits per heavy atom. The van der Waals surface area contributed by atoms with Crippen LogP contribution in [0.3, 0.4) is 0 Å². The van der Waals surface area contributed by atoms with E-state index in [9.17, 15) is 19.2 Å². The predicted molar refractivity (Wildman–Crippen MR) is 149 cm³/mol. The third-order valence-electron chi connectivity index (χ3n) is 6.62. The summed E-state index contributed by atoms with van der Waals surface area (Å²) in [5.74, 6) is -1.22. The summed E-state index contributed by atoms with van der Waals surface area (Å²) < 4.78 is 4.17. The Bertz CT molecular complexity index is 1180. The second-order valence-electron chi connectivity index (χ2n) is 9.49. The maximum atomic E-state index is 13.7. The van der Waals surface area contributed by atoms with E-state index in [2.05, 4.69) is 28.0 Å². The zero-order valence-electron chi connectivity index (χ0n) is 21.7. The molecule has 0 fully saturated rings. The molecule has 1 heterocycles. The molecule has 2 atom stereocenters. The van der Waals surface area contributed by atoms with E-state index in [0.717, 1.165) is 11.1 Å². The quantitative estimate of drug-likeness (QED) is 0.348. The molecule has 3 amide bonds. The van der Waals surface area contributed by atoms with Crippen molar-refractivity contribution in [3.63, 3.8) is 0 Å². The number of ether oxygens (including phenoxy) is 1. The third-order valence-corrected chi connectivity index (χ3v) is 8.20. The fraction of sp³-hybridized carbons (Fsp3) is 0.407. The number of benzene rings is 2. The summed E-state index contributed by atoms with van der Waals surface area (Å²) in [6, 6.07) is 11.1. The largest absolute Gasteiger partial charge is 0.465 e. The van der Waals surface area contributed by atoms with Gasteiger partial charge in [-0.15, -0.1) is 0 Å². The van der Waals surface area contributed by atoms with Gasteiger partial charge in [0.1, 0.15) is 6.04 Å². The van der Waals surface area contributed by atoms with Crippen molar-refractivity contribution < 1.29 is 23.9 Å². The highest BCUT2D eigenvalue weighted by Crippen LogP contribution is 2.31. The lowest BCUT2D eigenvalue weighted by Crippen LogP contribution is -2.59. The standard InChI is InChI=1S/C27H33N3O5S2/c1-16-12-19-10-11-21(28-24(32)17-6-8-18(9-7-17)26(34)35-4)13-20(19)14-30(16)25(33)23(27(2,3)37-5)29-22(31)15-36/h6-11,13,16,23,36H,12,14-15H2,1-5H3,(H,28,32)(H,29,31). The first-order valence-corrected chi connectivity index (χ1v) is 13.7. The van der Waals surface area contributed by atoms with Crippen LogP contribution in [0, 0.1) is 0 Å². The van der Waals surface area contributed by atoms with Crippen molar-refractivity contribution in [2.24, 2.45) is 0 Å². The molecular formula is C27H33N3O5S2. The number of nitrogens with zero attached hydrogens (tertiary/aromatic N) is 1. The van der Waals surface area contributed by atoms with Crippen LogP contribution in [0.4, 0.5) is 5.69 Å². The molecule has 2 aromatic carbocycles. The molecule has 198 valence electrons. The van der Waals surface area contributed by atoms with Crippen LogP contribution in [-0.4, -0.2) is 64.5 Å². The molecule has 0 saturated heterocycles. The summed E-state index contributed by atoms with van der Waals surface area (Å²) in [7, 11) is 1.30. The van der Waals surface area contributed by atoms with Crippen molar-refractivity contribution in [3.05, 3.63) is 64.7 Å². The number of carbonyl (C=O) groups excluding carboxylic acids is 4. The van der Waals surface area contributed by atoms with Crippen molar-refractivity contribution in [2.75, 3.05) is 24.4 Å². The fourth-order valence-electron chi connectivity index (χ4n) is 4.21. The summed E-state index contributed by atoms with van der Waals surface area (Å²) in [6.07, 6.45) is 2.58. The SMILES string of the molecule is COC(=O)c1ccc(C(=O)Nc2ccc3c(c2)CN(C(=O)C(NC(=O)CS)C(C)(C)SC)C(C)C3)cc1. The number of hydrogen-bond donors (Lipinski definition) is 3. The van der Waals surface area contributed by atoms with Gasteiger partial charge in [0.15, 0.2) is 0 Å². The van der Waals surface area contributed by atoms with Crippen LogP contribution in [-0.2, 0) is 27.3 Å². The second-order valence-corrected chi connectivity index (χ2v) is 11.3. The van der Waals surface area contributed by atoms with Gasteiger partial charge in [0, 0.05) is 28.6 Å². The number of fused-ring (bicyclic) bond motifs is 1. The Kier molecular flexibility index (Phi) is 9.31. The smallest absolute Gasteiger partial charge is 0.337 e. The molecule has 0 aromatic heterocycles. The average Bonchev–Trinajstić information content (AvgIpc) is 2.90. The van der Waals surface area contributed by atoms with E-state index in [4.69, 9.17) is 0 Å². The highest BCUT2D eigenvalue weighted by Gasteiger charge is 2.40. The number of rotatable bonds is 8. The minimum atomic E-state index is -0.706. The number of esters is 1. The van der Waals surface area contributed by atoms with E-state index >= 15 is 0 Å². The monoisotopic (exact) mass is 543 g/mol. The zero-order valence-corrected chi connectivity index (χ0v) is 23.4. The van der Waals surface area contributed by atoms with Crippen LogP contribution < -0.4 is 10.6 Å². The van der Waals surface area contributed by atoms with Crippen molar-refractivity contribution in [1.82, 2.24) is 10.2 Å². The summed E-state index contributed by atoms with van der Waals surface area (Å²) >= 11 is 5.57. The molecule has 0 radical (unpaired) electrons. The number of methoxy groups -OCH3 is 1. The minimum Gasteiger partial charge on any atom is -0.465 e. The molecule has 8 nitrogen and oxygen atoms in total. The van der Waals surface area contributed by atoms with Crippen molar-refractivity contribution in [2.45, 2.75) is 50.6 Å². The van der Waals surface area contributed by atoms with Crippen LogP contribution in [0.2, 0.25) is 0 Å². The number of amides is 3. The normalized spacial score (nSPS) is 15.8. The van der Waals surface area contributed by atoms with E-state index in [-0.39, 0.29) is 29.5 Å². The Hall–Kier alpha value is -2.98. The zero-order chi connectivity index (χ0) is 27.3. The molecule has 1 aliphatic rings. The van der Waals surface area contributed by atoms with Gasteiger partial charge < -0.3 is 20.3 Å². The second kappa shape index (κ2) is 12.0. The van der Waals surface area contributed by atoms with Crippen LogP contribution in [0.5, 0.6) is 0 Å². The summed E-state index contributed by atoms with van der Waals surface area (Å²) in [5, 5.41) is 5.75. The van der Waals surface area contributed by atoms with Gasteiger partial charge in [-0.3, -0.25) is 14.4 Å². The highest BCUT2D eigenvalue weighted by atomic mass is 32.2. The van der Waals surface area contributed by atoms with E-state index in [1.807, 2.05) is 45.2 Å². The van der Waals surface area contributed by atoms with Gasteiger partial charge >= 0.3 is 5.97 Å². The van der Waals surface area contributed by atoms with Gasteiger partial charge in [0.05, 0.1) is 18.4 Å². The van der Waals surface area contributed by atoms with Crippen molar-refractivity contribution in [3.8, 4) is 0 Å². The molecule has 0 spiro atoms. The highest BCUT2D eigenvalue weighted by molar-refractivity contribution is 8.00. The lowest BCUT2D eigenvalue weighted by molar-refractivity contribution is -0.139. The predicted octanol–water partition coefficient (Wildman–Crippen LogP) is 3.55. The van der Waals surface area contributed by atoms with Gasteiger partial charge in [0.25, 0.3) is 5.91 Å². The molecule has 0 saturated carbocycles. The average molecular weight is 544 g/mol. The fourth-order valence-corrected chi connectivity index (χ4v) is 4.70. The molecular weight excluding hydrogens is 510 g/mol. The lowest BCUT2D eigenvalue weighted by atomic mass is 9.92. The first-order chi connectivity index (χ1) is 17.5. The molecule has 2 N–H and O–H groups in total. The molecule has 3 rings (SSSR count). The number of carbonyl (C=O) groups is 4. The number of thioether (sulfide) groups is 1. The van der Waals surface area contributed by atoms with E-state index < -0.39 is 16.8 Å². The summed E-state index contributed by atoms with van der Waals surface area (Å²) in [6.45, 7) is 6.24. The molecule has 1 aliphatic heterocycles. The van der Waals surface area contributed by atoms with Crippen LogP contribution in [0.15, 0.2) is 42.5 Å². The minimum absolute atomic E-state index is 0.00109.